The minimum Gasteiger partial charge on any atom is -0.324 e. The molecule has 0 atom stereocenters. The molecule has 30 heavy (non-hydrogen) atoms. The lowest BCUT2D eigenvalue weighted by molar-refractivity contribution is -0.107. The second-order valence-electron chi connectivity index (χ2n) is 8.53. The number of carbonyl (C=O) groups excluding carboxylic acids is 1. The zero-order valence-electron chi connectivity index (χ0n) is 17.7. The summed E-state index contributed by atoms with van der Waals surface area (Å²) < 4.78 is 1.76. The summed E-state index contributed by atoms with van der Waals surface area (Å²) in [5.41, 5.74) is 4.66. The molecule has 0 aliphatic rings. The van der Waals surface area contributed by atoms with Gasteiger partial charge in [0.25, 0.3) is 0 Å². The van der Waals surface area contributed by atoms with Crippen LogP contribution in [0.2, 0.25) is 19.6 Å². The van der Waals surface area contributed by atoms with Gasteiger partial charge >= 0.3 is 0 Å². The summed E-state index contributed by atoms with van der Waals surface area (Å²) in [6.45, 7) is 6.99. The van der Waals surface area contributed by atoms with Crippen LogP contribution in [-0.2, 0) is 18.3 Å². The van der Waals surface area contributed by atoms with Gasteiger partial charge in [0.15, 0.2) is 0 Å². The molecule has 0 amide bonds. The molecule has 0 radical (unpaired) electrons. The number of nitrogens with zero attached hydrogens (tertiary/aromatic N) is 4. The van der Waals surface area contributed by atoms with Crippen molar-refractivity contribution in [1.82, 2.24) is 19.7 Å². The summed E-state index contributed by atoms with van der Waals surface area (Å²) in [6, 6.07) is 12.4. The van der Waals surface area contributed by atoms with E-state index in [0.717, 1.165) is 39.6 Å². The summed E-state index contributed by atoms with van der Waals surface area (Å²) in [5, 5.41) is 9.98. The van der Waals surface area contributed by atoms with Crippen LogP contribution >= 0.6 is 0 Å². The molecule has 0 spiro atoms. The number of benzene rings is 2. The monoisotopic (exact) mass is 415 g/mol. The zero-order chi connectivity index (χ0) is 21.3. The van der Waals surface area contributed by atoms with E-state index in [1.807, 2.05) is 43.8 Å². The Morgan fingerprint density at radius 1 is 1.07 bits per heavy atom. The van der Waals surface area contributed by atoms with Crippen molar-refractivity contribution in [3.63, 3.8) is 0 Å². The normalized spacial score (nSPS) is 11.6. The van der Waals surface area contributed by atoms with Crippen LogP contribution in [0.15, 0.2) is 55.0 Å². The Morgan fingerprint density at radius 2 is 1.90 bits per heavy atom. The van der Waals surface area contributed by atoms with Crippen molar-refractivity contribution in [2.75, 3.05) is 5.32 Å². The van der Waals surface area contributed by atoms with Gasteiger partial charge in [-0.25, -0.2) is 9.97 Å². The van der Waals surface area contributed by atoms with Gasteiger partial charge in [0.1, 0.15) is 6.29 Å². The van der Waals surface area contributed by atoms with Crippen molar-refractivity contribution in [1.29, 1.82) is 0 Å². The predicted octanol–water partition coefficient (Wildman–Crippen LogP) is 4.06. The number of anilines is 2. The SMILES string of the molecule is Cn1cc(-c2cc(CC=O)cc(Nc3ncc4cc([Si](C)(C)C)ccc4n3)c2)cn1. The van der Waals surface area contributed by atoms with Gasteiger partial charge in [-0.05, 0) is 29.3 Å². The van der Waals surface area contributed by atoms with Gasteiger partial charge in [-0.15, -0.1) is 0 Å². The highest BCUT2D eigenvalue weighted by Crippen LogP contribution is 2.26. The van der Waals surface area contributed by atoms with E-state index in [9.17, 15) is 4.79 Å². The third-order valence-electron chi connectivity index (χ3n) is 5.05. The van der Waals surface area contributed by atoms with E-state index in [2.05, 4.69) is 58.2 Å². The molecular weight excluding hydrogens is 390 g/mol. The maximum Gasteiger partial charge on any atom is 0.227 e. The van der Waals surface area contributed by atoms with Crippen LogP contribution in [0.5, 0.6) is 0 Å². The first-order chi connectivity index (χ1) is 14.3. The fourth-order valence-electron chi connectivity index (χ4n) is 3.40. The standard InChI is InChI=1S/C23H25N5OSi/c1-28-15-19(14-25-28)17-9-16(7-8-29)10-20(11-17)26-23-24-13-18-12-21(30(2,3)4)5-6-22(18)27-23/h5-6,8-15H,7H2,1-4H3,(H,24,26,27). The molecule has 4 aromatic rings. The molecule has 2 heterocycles. The van der Waals surface area contributed by atoms with E-state index < -0.39 is 8.07 Å². The number of carbonyl (C=O) groups is 1. The quantitative estimate of drug-likeness (QED) is 0.380. The Bertz CT molecular complexity index is 1230. The molecule has 0 aliphatic carbocycles. The molecule has 0 bridgehead atoms. The molecule has 4 rings (SSSR count). The molecular formula is C23H25N5OSi. The van der Waals surface area contributed by atoms with Crippen molar-refractivity contribution in [2.45, 2.75) is 26.1 Å². The molecule has 2 aromatic heterocycles. The van der Waals surface area contributed by atoms with E-state index in [1.54, 1.807) is 4.68 Å². The first-order valence-electron chi connectivity index (χ1n) is 9.93. The third-order valence-corrected chi connectivity index (χ3v) is 7.10. The maximum atomic E-state index is 11.1. The molecule has 2 aromatic carbocycles. The summed E-state index contributed by atoms with van der Waals surface area (Å²) >= 11 is 0. The number of rotatable bonds is 6. The highest BCUT2D eigenvalue weighted by atomic mass is 28.3. The second kappa shape index (κ2) is 7.83. The Morgan fingerprint density at radius 3 is 2.60 bits per heavy atom. The summed E-state index contributed by atoms with van der Waals surface area (Å²) in [7, 11) is 0.501. The summed E-state index contributed by atoms with van der Waals surface area (Å²) in [5.74, 6) is 0.531. The van der Waals surface area contributed by atoms with Crippen LogP contribution < -0.4 is 10.5 Å². The average molecular weight is 416 g/mol. The first kappa shape index (κ1) is 20.0. The van der Waals surface area contributed by atoms with E-state index in [1.165, 1.54) is 5.19 Å². The fourth-order valence-corrected chi connectivity index (χ4v) is 4.58. The number of hydrogen-bond acceptors (Lipinski definition) is 5. The molecule has 152 valence electrons. The number of aryl methyl sites for hydroxylation is 1. The van der Waals surface area contributed by atoms with Crippen LogP contribution in [0, 0.1) is 0 Å². The molecule has 0 aliphatic heterocycles. The van der Waals surface area contributed by atoms with Gasteiger partial charge in [-0.2, -0.15) is 5.10 Å². The number of aldehydes is 1. The van der Waals surface area contributed by atoms with Crippen LogP contribution in [0.1, 0.15) is 5.56 Å². The molecule has 0 unspecified atom stereocenters. The zero-order valence-corrected chi connectivity index (χ0v) is 18.7. The van der Waals surface area contributed by atoms with Crippen LogP contribution in [0.3, 0.4) is 0 Å². The Kier molecular flexibility index (Phi) is 5.21. The van der Waals surface area contributed by atoms with E-state index in [-0.39, 0.29) is 0 Å². The lowest BCUT2D eigenvalue weighted by Crippen LogP contribution is -2.37. The molecule has 0 saturated carbocycles. The lowest BCUT2D eigenvalue weighted by atomic mass is 10.0. The summed E-state index contributed by atoms with van der Waals surface area (Å²) in [6.07, 6.45) is 6.89. The highest BCUT2D eigenvalue weighted by Gasteiger charge is 2.16. The number of hydrogen-bond donors (Lipinski definition) is 1. The number of aromatic nitrogens is 4. The van der Waals surface area contributed by atoms with E-state index >= 15 is 0 Å². The van der Waals surface area contributed by atoms with Crippen molar-refractivity contribution in [3.05, 3.63) is 60.6 Å². The van der Waals surface area contributed by atoms with Crippen LogP contribution in [0.25, 0.3) is 22.0 Å². The third kappa shape index (κ3) is 4.31. The average Bonchev–Trinajstić information content (AvgIpc) is 3.13. The van der Waals surface area contributed by atoms with E-state index in [0.29, 0.717) is 12.4 Å². The Hall–Kier alpha value is -3.32. The van der Waals surface area contributed by atoms with Crippen molar-refractivity contribution in [2.24, 2.45) is 7.05 Å². The van der Waals surface area contributed by atoms with Crippen molar-refractivity contribution >= 4 is 42.1 Å². The van der Waals surface area contributed by atoms with Crippen molar-refractivity contribution < 1.29 is 4.79 Å². The molecule has 7 heteroatoms. The van der Waals surface area contributed by atoms with Crippen molar-refractivity contribution in [3.8, 4) is 11.1 Å². The minimum atomic E-state index is -1.38. The Balaban J connectivity index is 1.68. The van der Waals surface area contributed by atoms with Crippen LogP contribution in [0.4, 0.5) is 11.6 Å². The van der Waals surface area contributed by atoms with Gasteiger partial charge in [0.2, 0.25) is 5.95 Å². The molecule has 0 saturated heterocycles. The van der Waals surface area contributed by atoms with Gasteiger partial charge in [-0.1, -0.05) is 43.0 Å². The topological polar surface area (TPSA) is 72.7 Å². The number of nitrogens with one attached hydrogen (secondary N) is 1. The highest BCUT2D eigenvalue weighted by molar-refractivity contribution is 6.88. The second-order valence-corrected chi connectivity index (χ2v) is 13.6. The smallest absolute Gasteiger partial charge is 0.227 e. The van der Waals surface area contributed by atoms with Gasteiger partial charge in [0.05, 0.1) is 19.8 Å². The molecule has 6 nitrogen and oxygen atoms in total. The number of fused-ring (bicyclic) bond motifs is 1. The largest absolute Gasteiger partial charge is 0.324 e. The van der Waals surface area contributed by atoms with Gasteiger partial charge < -0.3 is 10.1 Å². The lowest BCUT2D eigenvalue weighted by Gasteiger charge is -2.17. The molecule has 1 N–H and O–H groups in total. The minimum absolute atomic E-state index is 0.348. The van der Waals surface area contributed by atoms with Gasteiger partial charge in [-0.3, -0.25) is 4.68 Å². The fraction of sp³-hybridized carbons (Fsp3) is 0.217. The van der Waals surface area contributed by atoms with Gasteiger partial charge in [0, 0.05) is 42.5 Å². The van der Waals surface area contributed by atoms with E-state index in [4.69, 9.17) is 0 Å². The predicted molar refractivity (Wildman–Crippen MR) is 124 cm³/mol. The summed E-state index contributed by atoms with van der Waals surface area (Å²) in [4.78, 5) is 20.3. The Labute approximate surface area is 177 Å². The molecule has 0 fully saturated rings. The maximum absolute atomic E-state index is 11.1. The van der Waals surface area contributed by atoms with Crippen LogP contribution in [-0.4, -0.2) is 34.1 Å². The first-order valence-corrected chi connectivity index (χ1v) is 13.4.